The van der Waals surface area contributed by atoms with Gasteiger partial charge in [-0.15, -0.1) is 0 Å². The summed E-state index contributed by atoms with van der Waals surface area (Å²) in [5.74, 6) is 0.378. The van der Waals surface area contributed by atoms with Crippen LogP contribution in [0, 0.1) is 11.3 Å². The molecule has 1 heterocycles. The number of aromatic nitrogens is 1. The van der Waals surface area contributed by atoms with Crippen molar-refractivity contribution in [2.24, 2.45) is 0 Å². The summed E-state index contributed by atoms with van der Waals surface area (Å²) in [6.07, 6.45) is 0.852. The van der Waals surface area contributed by atoms with Crippen molar-refractivity contribution in [3.05, 3.63) is 32.9 Å². The molecule has 0 aliphatic heterocycles. The van der Waals surface area contributed by atoms with Crippen molar-refractivity contribution in [3.63, 3.8) is 0 Å². The second-order valence-electron chi connectivity index (χ2n) is 5.56. The van der Waals surface area contributed by atoms with Gasteiger partial charge in [0.25, 0.3) is 0 Å². The van der Waals surface area contributed by atoms with Gasteiger partial charge in [0.05, 0.1) is 35.4 Å². The molecule has 1 aromatic carbocycles. The molecular weight excluding hydrogens is 429 g/mol. The molecule has 1 aromatic heterocycles. The van der Waals surface area contributed by atoms with Crippen LogP contribution in [0.2, 0.25) is 15.1 Å². The maximum Gasteiger partial charge on any atom is 0.232 e. The van der Waals surface area contributed by atoms with Gasteiger partial charge < -0.3 is 23.9 Å². The Morgan fingerprint density at radius 1 is 1.11 bits per heavy atom. The Bertz CT molecular complexity index is 808. The third-order valence-electron chi connectivity index (χ3n) is 3.50. The van der Waals surface area contributed by atoms with Crippen molar-refractivity contribution in [1.29, 1.82) is 5.26 Å². The van der Waals surface area contributed by atoms with Crippen LogP contribution in [0.25, 0.3) is 11.5 Å². The molecule has 0 saturated heterocycles. The molecule has 152 valence electrons. The number of ether oxygens (including phenoxy) is 3. The third-order valence-corrected chi connectivity index (χ3v) is 4.52. The van der Waals surface area contributed by atoms with Gasteiger partial charge in [0, 0.05) is 31.9 Å². The van der Waals surface area contributed by atoms with E-state index >= 15 is 0 Å². The van der Waals surface area contributed by atoms with Gasteiger partial charge in [0.2, 0.25) is 17.5 Å². The predicted molar refractivity (Wildman–Crippen MR) is 108 cm³/mol. The molecule has 0 unspecified atom stereocenters. The normalized spacial score (nSPS) is 10.8. The molecule has 28 heavy (non-hydrogen) atoms. The summed E-state index contributed by atoms with van der Waals surface area (Å²) < 4.78 is 21.4. The van der Waals surface area contributed by atoms with Crippen LogP contribution in [0.15, 0.2) is 16.5 Å². The van der Waals surface area contributed by atoms with E-state index in [1.807, 2.05) is 6.07 Å². The molecule has 0 fully saturated rings. The van der Waals surface area contributed by atoms with Crippen molar-refractivity contribution in [1.82, 2.24) is 4.98 Å². The smallest absolute Gasteiger partial charge is 0.232 e. The van der Waals surface area contributed by atoms with Crippen LogP contribution in [-0.4, -0.2) is 51.7 Å². The largest absolute Gasteiger partial charge is 0.419 e. The van der Waals surface area contributed by atoms with Crippen molar-refractivity contribution >= 4 is 40.7 Å². The summed E-state index contributed by atoms with van der Waals surface area (Å²) in [6, 6.07) is 5.06. The van der Waals surface area contributed by atoms with E-state index in [-0.39, 0.29) is 27.5 Å². The summed E-state index contributed by atoms with van der Waals surface area (Å²) in [6.45, 7) is 3.13. The average molecular weight is 449 g/mol. The molecule has 0 amide bonds. The first-order valence-electron chi connectivity index (χ1n) is 8.51. The minimum atomic E-state index is 0.101. The number of anilines is 1. The lowest BCUT2D eigenvalue weighted by Gasteiger charge is -2.06. The molecule has 0 saturated carbocycles. The molecule has 0 spiro atoms. The Morgan fingerprint density at radius 3 is 2.57 bits per heavy atom. The Morgan fingerprint density at radius 2 is 1.86 bits per heavy atom. The Labute approximate surface area is 178 Å². The van der Waals surface area contributed by atoms with Crippen molar-refractivity contribution in [2.75, 3.05) is 52.0 Å². The number of nitrogens with zero attached hydrogens (tertiary/aromatic N) is 2. The zero-order valence-electron chi connectivity index (χ0n) is 15.3. The van der Waals surface area contributed by atoms with Gasteiger partial charge >= 0.3 is 0 Å². The molecule has 2 aromatic rings. The monoisotopic (exact) mass is 447 g/mol. The van der Waals surface area contributed by atoms with Crippen molar-refractivity contribution in [3.8, 4) is 17.5 Å². The van der Waals surface area contributed by atoms with Crippen molar-refractivity contribution < 1.29 is 18.6 Å². The highest BCUT2D eigenvalue weighted by Gasteiger charge is 2.18. The molecule has 0 aliphatic rings. The number of halogens is 3. The number of methoxy groups -OCH3 is 1. The quantitative estimate of drug-likeness (QED) is 0.373. The molecule has 7 nitrogen and oxygen atoms in total. The first-order chi connectivity index (χ1) is 13.6. The molecule has 0 bridgehead atoms. The lowest BCUT2D eigenvalue weighted by atomic mass is 10.2. The maximum absolute atomic E-state index is 9.26. The minimum absolute atomic E-state index is 0.101. The fourth-order valence-electron chi connectivity index (χ4n) is 2.21. The topological polar surface area (TPSA) is 89.5 Å². The Balaban J connectivity index is 1.83. The predicted octanol–water partition coefficient (Wildman–Crippen LogP) is 4.66. The molecular formula is C18H20Cl3N3O4. The van der Waals surface area contributed by atoms with E-state index < -0.39 is 0 Å². The minimum Gasteiger partial charge on any atom is -0.419 e. The Kier molecular flexibility index (Phi) is 9.85. The molecule has 0 radical (unpaired) electrons. The summed E-state index contributed by atoms with van der Waals surface area (Å²) in [4.78, 5) is 4.14. The van der Waals surface area contributed by atoms with E-state index in [1.165, 1.54) is 6.07 Å². The van der Waals surface area contributed by atoms with Gasteiger partial charge in [0.15, 0.2) is 0 Å². The van der Waals surface area contributed by atoms with Crippen LogP contribution >= 0.6 is 34.8 Å². The van der Waals surface area contributed by atoms with Crippen LogP contribution in [0.5, 0.6) is 0 Å². The van der Waals surface area contributed by atoms with Gasteiger partial charge in [-0.05, 0) is 18.6 Å². The highest BCUT2D eigenvalue weighted by molar-refractivity contribution is 6.44. The number of rotatable bonds is 12. The van der Waals surface area contributed by atoms with E-state index in [0.717, 1.165) is 6.42 Å². The van der Waals surface area contributed by atoms with E-state index in [1.54, 1.807) is 13.2 Å². The molecule has 0 aliphatic carbocycles. The second-order valence-corrected chi connectivity index (χ2v) is 6.78. The number of oxazole rings is 1. The number of benzene rings is 1. The van der Waals surface area contributed by atoms with Crippen LogP contribution in [0.3, 0.4) is 0 Å². The molecule has 2 rings (SSSR count). The van der Waals surface area contributed by atoms with Crippen LogP contribution in [0.1, 0.15) is 12.1 Å². The van der Waals surface area contributed by atoms with E-state index in [2.05, 4.69) is 10.3 Å². The molecule has 10 heteroatoms. The fraction of sp³-hybridized carbons (Fsp3) is 0.444. The second kappa shape index (κ2) is 12.1. The van der Waals surface area contributed by atoms with Gasteiger partial charge in [-0.3, -0.25) is 0 Å². The van der Waals surface area contributed by atoms with Crippen LogP contribution < -0.4 is 5.32 Å². The lowest BCUT2D eigenvalue weighted by molar-refractivity contribution is 0.0431. The summed E-state index contributed by atoms with van der Waals surface area (Å²) in [7, 11) is 1.66. The lowest BCUT2D eigenvalue weighted by Crippen LogP contribution is -2.13. The van der Waals surface area contributed by atoms with E-state index in [0.29, 0.717) is 50.2 Å². The zero-order chi connectivity index (χ0) is 20.4. The number of hydrogen-bond donors (Lipinski definition) is 1. The fourth-order valence-corrected chi connectivity index (χ4v) is 2.89. The third kappa shape index (κ3) is 6.82. The SMILES string of the molecule is COCCCOCCOCCNc1oc(-c2cc(Cl)cc(Cl)c2Cl)nc1C#N. The number of hydrogen-bond acceptors (Lipinski definition) is 7. The first kappa shape index (κ1) is 22.8. The molecule has 1 N–H and O–H groups in total. The number of nitrogens with one attached hydrogen (secondary N) is 1. The van der Waals surface area contributed by atoms with Gasteiger partial charge in [0.1, 0.15) is 6.07 Å². The van der Waals surface area contributed by atoms with Gasteiger partial charge in [-0.25, -0.2) is 0 Å². The first-order valence-corrected chi connectivity index (χ1v) is 9.64. The summed E-state index contributed by atoms with van der Waals surface area (Å²) >= 11 is 18.2. The van der Waals surface area contributed by atoms with Gasteiger partial charge in [-0.1, -0.05) is 34.8 Å². The van der Waals surface area contributed by atoms with Gasteiger partial charge in [-0.2, -0.15) is 10.2 Å². The average Bonchev–Trinajstić information content (AvgIpc) is 3.09. The Hall–Kier alpha value is -1.53. The summed E-state index contributed by atoms with van der Waals surface area (Å²) in [5, 5.41) is 13.1. The van der Waals surface area contributed by atoms with Crippen LogP contribution in [-0.2, 0) is 14.2 Å². The van der Waals surface area contributed by atoms with Crippen molar-refractivity contribution in [2.45, 2.75) is 6.42 Å². The van der Waals surface area contributed by atoms with E-state index in [9.17, 15) is 5.26 Å². The van der Waals surface area contributed by atoms with Crippen LogP contribution in [0.4, 0.5) is 5.88 Å². The maximum atomic E-state index is 9.26. The zero-order valence-corrected chi connectivity index (χ0v) is 17.5. The highest BCUT2D eigenvalue weighted by atomic mass is 35.5. The summed E-state index contributed by atoms with van der Waals surface area (Å²) in [5.41, 5.74) is 0.509. The number of nitriles is 1. The van der Waals surface area contributed by atoms with E-state index in [4.69, 9.17) is 53.4 Å². The molecule has 0 atom stereocenters. The standard InChI is InChI=1S/C18H20Cl3N3O4/c1-25-4-2-5-26-7-8-27-6-3-23-18-15(11-22)24-17(28-18)13-9-12(19)10-14(20)16(13)21/h9-10,23H,2-8H2,1H3. The highest BCUT2D eigenvalue weighted by Crippen LogP contribution is 2.37.